The standard InChI is InChI=1S/C13H14F3N3S/c1-8(12-18-4-5-20-12)7-19-11-3-2-9(6-10(11)17)13(14,15)16/h2-6,8,19H,7,17H2,1H3. The van der Waals surface area contributed by atoms with Crippen LogP contribution in [0.2, 0.25) is 0 Å². The molecule has 3 nitrogen and oxygen atoms in total. The Bertz CT molecular complexity index is 567. The molecule has 2 rings (SSSR count). The Kier molecular flexibility index (Phi) is 4.17. The number of thiazole rings is 1. The third kappa shape index (κ3) is 3.41. The summed E-state index contributed by atoms with van der Waals surface area (Å²) in [6.45, 7) is 2.55. The summed E-state index contributed by atoms with van der Waals surface area (Å²) >= 11 is 1.55. The van der Waals surface area contributed by atoms with Gasteiger partial charge in [-0.3, -0.25) is 0 Å². The number of anilines is 2. The maximum Gasteiger partial charge on any atom is 0.416 e. The van der Waals surface area contributed by atoms with Gasteiger partial charge >= 0.3 is 6.18 Å². The van der Waals surface area contributed by atoms with Crippen molar-refractivity contribution in [2.75, 3.05) is 17.6 Å². The molecule has 1 atom stereocenters. The number of aromatic nitrogens is 1. The van der Waals surface area contributed by atoms with Crippen LogP contribution in [0, 0.1) is 0 Å². The summed E-state index contributed by atoms with van der Waals surface area (Å²) in [5.74, 6) is 0.164. The molecule has 0 aliphatic carbocycles. The fourth-order valence-corrected chi connectivity index (χ4v) is 2.43. The molecule has 7 heteroatoms. The van der Waals surface area contributed by atoms with Crippen LogP contribution < -0.4 is 11.1 Å². The molecule has 1 aromatic carbocycles. The van der Waals surface area contributed by atoms with E-state index in [2.05, 4.69) is 10.3 Å². The Hall–Kier alpha value is -1.76. The van der Waals surface area contributed by atoms with Gasteiger partial charge < -0.3 is 11.1 Å². The number of nitrogens with zero attached hydrogens (tertiary/aromatic N) is 1. The molecular formula is C13H14F3N3S. The van der Waals surface area contributed by atoms with Crippen LogP contribution in [0.3, 0.4) is 0 Å². The van der Waals surface area contributed by atoms with Crippen molar-refractivity contribution in [3.63, 3.8) is 0 Å². The SMILES string of the molecule is CC(CNc1ccc(C(F)(F)F)cc1N)c1nccs1. The second-order valence-corrected chi connectivity index (χ2v) is 5.38. The fraction of sp³-hybridized carbons (Fsp3) is 0.308. The Morgan fingerprint density at radius 2 is 2.15 bits per heavy atom. The van der Waals surface area contributed by atoms with Gasteiger partial charge in [-0.25, -0.2) is 4.98 Å². The van der Waals surface area contributed by atoms with E-state index in [9.17, 15) is 13.2 Å². The van der Waals surface area contributed by atoms with Crippen LogP contribution in [-0.4, -0.2) is 11.5 Å². The number of nitrogens with two attached hydrogens (primary N) is 1. The number of benzene rings is 1. The van der Waals surface area contributed by atoms with E-state index < -0.39 is 11.7 Å². The highest BCUT2D eigenvalue weighted by Crippen LogP contribution is 2.33. The van der Waals surface area contributed by atoms with Gasteiger partial charge in [-0.2, -0.15) is 13.2 Å². The topological polar surface area (TPSA) is 50.9 Å². The van der Waals surface area contributed by atoms with E-state index in [1.54, 1.807) is 17.5 Å². The van der Waals surface area contributed by atoms with Gasteiger partial charge in [-0.05, 0) is 18.2 Å². The quantitative estimate of drug-likeness (QED) is 0.840. The molecular weight excluding hydrogens is 287 g/mol. The summed E-state index contributed by atoms with van der Waals surface area (Å²) in [7, 11) is 0. The van der Waals surface area contributed by atoms with Crippen molar-refractivity contribution >= 4 is 22.7 Å². The Balaban J connectivity index is 2.04. The van der Waals surface area contributed by atoms with Crippen molar-refractivity contribution in [2.45, 2.75) is 19.0 Å². The molecule has 1 unspecified atom stereocenters. The van der Waals surface area contributed by atoms with Gasteiger partial charge in [0.15, 0.2) is 0 Å². The predicted octanol–water partition coefficient (Wildman–Crippen LogP) is 3.96. The van der Waals surface area contributed by atoms with Gasteiger partial charge in [0.2, 0.25) is 0 Å². The lowest BCUT2D eigenvalue weighted by Crippen LogP contribution is -2.12. The van der Waals surface area contributed by atoms with E-state index in [1.807, 2.05) is 12.3 Å². The number of hydrogen-bond donors (Lipinski definition) is 2. The molecule has 0 spiro atoms. The van der Waals surface area contributed by atoms with Crippen molar-refractivity contribution in [3.05, 3.63) is 40.3 Å². The lowest BCUT2D eigenvalue weighted by atomic mass is 10.1. The Morgan fingerprint density at radius 3 is 2.70 bits per heavy atom. The van der Waals surface area contributed by atoms with Crippen LogP contribution in [0.4, 0.5) is 24.5 Å². The van der Waals surface area contributed by atoms with Crippen LogP contribution in [-0.2, 0) is 6.18 Å². The zero-order chi connectivity index (χ0) is 14.8. The second kappa shape index (κ2) is 5.70. The highest BCUT2D eigenvalue weighted by atomic mass is 32.1. The van der Waals surface area contributed by atoms with E-state index in [4.69, 9.17) is 5.73 Å². The minimum atomic E-state index is -4.37. The molecule has 0 fully saturated rings. The maximum absolute atomic E-state index is 12.5. The first kappa shape index (κ1) is 14.6. The van der Waals surface area contributed by atoms with Gasteiger partial charge in [-0.15, -0.1) is 11.3 Å². The lowest BCUT2D eigenvalue weighted by Gasteiger charge is -2.14. The summed E-state index contributed by atoms with van der Waals surface area (Å²) in [5, 5.41) is 5.92. The normalized spacial score (nSPS) is 13.2. The largest absolute Gasteiger partial charge is 0.416 e. The zero-order valence-corrected chi connectivity index (χ0v) is 11.6. The van der Waals surface area contributed by atoms with Crippen molar-refractivity contribution in [2.24, 2.45) is 0 Å². The van der Waals surface area contributed by atoms with Gasteiger partial charge in [0.05, 0.1) is 21.9 Å². The van der Waals surface area contributed by atoms with Crippen molar-refractivity contribution < 1.29 is 13.2 Å². The van der Waals surface area contributed by atoms with E-state index in [0.29, 0.717) is 12.2 Å². The monoisotopic (exact) mass is 301 g/mol. The van der Waals surface area contributed by atoms with Gasteiger partial charge in [-0.1, -0.05) is 6.92 Å². The molecule has 0 aliphatic heterocycles. The summed E-state index contributed by atoms with van der Waals surface area (Å²) in [5.41, 5.74) is 5.50. The number of rotatable bonds is 4. The molecule has 0 aliphatic rings. The predicted molar refractivity (Wildman–Crippen MR) is 74.9 cm³/mol. The molecule has 2 aromatic rings. The number of alkyl halides is 3. The third-order valence-corrected chi connectivity index (χ3v) is 3.86. The van der Waals surface area contributed by atoms with E-state index in [0.717, 1.165) is 17.1 Å². The number of nitrogen functional groups attached to an aromatic ring is 1. The number of halogens is 3. The van der Waals surface area contributed by atoms with E-state index in [1.165, 1.54) is 6.07 Å². The molecule has 0 saturated heterocycles. The Morgan fingerprint density at radius 1 is 1.40 bits per heavy atom. The van der Waals surface area contributed by atoms with Gasteiger partial charge in [0, 0.05) is 24.0 Å². The summed E-state index contributed by atoms with van der Waals surface area (Å²) in [6.07, 6.45) is -2.65. The minimum absolute atomic E-state index is 0.0890. The molecule has 1 aromatic heterocycles. The number of hydrogen-bond acceptors (Lipinski definition) is 4. The first-order chi connectivity index (χ1) is 9.38. The van der Waals surface area contributed by atoms with Crippen LogP contribution >= 0.6 is 11.3 Å². The van der Waals surface area contributed by atoms with Crippen LogP contribution in [0.5, 0.6) is 0 Å². The van der Waals surface area contributed by atoms with Crippen LogP contribution in [0.1, 0.15) is 23.4 Å². The van der Waals surface area contributed by atoms with Gasteiger partial charge in [0.25, 0.3) is 0 Å². The summed E-state index contributed by atoms with van der Waals surface area (Å²) in [4.78, 5) is 4.20. The minimum Gasteiger partial charge on any atom is -0.397 e. The van der Waals surface area contributed by atoms with Crippen LogP contribution in [0.15, 0.2) is 29.8 Å². The molecule has 0 amide bonds. The smallest absolute Gasteiger partial charge is 0.397 e. The molecule has 20 heavy (non-hydrogen) atoms. The molecule has 3 N–H and O–H groups in total. The van der Waals surface area contributed by atoms with E-state index >= 15 is 0 Å². The van der Waals surface area contributed by atoms with Crippen molar-refractivity contribution in [3.8, 4) is 0 Å². The molecule has 0 bridgehead atoms. The van der Waals surface area contributed by atoms with Crippen LogP contribution in [0.25, 0.3) is 0 Å². The van der Waals surface area contributed by atoms with Crippen molar-refractivity contribution in [1.29, 1.82) is 0 Å². The summed E-state index contributed by atoms with van der Waals surface area (Å²) in [6, 6.07) is 3.32. The molecule has 0 saturated carbocycles. The fourth-order valence-electron chi connectivity index (χ4n) is 1.73. The third-order valence-electron chi connectivity index (χ3n) is 2.85. The van der Waals surface area contributed by atoms with Crippen molar-refractivity contribution in [1.82, 2.24) is 4.98 Å². The zero-order valence-electron chi connectivity index (χ0n) is 10.7. The van der Waals surface area contributed by atoms with Gasteiger partial charge in [0.1, 0.15) is 0 Å². The average Bonchev–Trinajstić information content (AvgIpc) is 2.89. The summed E-state index contributed by atoms with van der Waals surface area (Å²) < 4.78 is 37.5. The molecule has 1 heterocycles. The highest BCUT2D eigenvalue weighted by Gasteiger charge is 2.30. The molecule has 0 radical (unpaired) electrons. The first-order valence-corrected chi connectivity index (χ1v) is 6.86. The lowest BCUT2D eigenvalue weighted by molar-refractivity contribution is -0.137. The molecule has 108 valence electrons. The first-order valence-electron chi connectivity index (χ1n) is 5.98. The maximum atomic E-state index is 12.5. The number of nitrogens with one attached hydrogen (secondary N) is 1. The average molecular weight is 301 g/mol. The Labute approximate surface area is 118 Å². The second-order valence-electron chi connectivity index (χ2n) is 4.45. The van der Waals surface area contributed by atoms with E-state index in [-0.39, 0.29) is 11.6 Å². The highest BCUT2D eigenvalue weighted by molar-refractivity contribution is 7.09.